The van der Waals surface area contributed by atoms with Gasteiger partial charge in [-0.1, -0.05) is 17.7 Å². The van der Waals surface area contributed by atoms with Crippen molar-refractivity contribution in [3.8, 4) is 0 Å². The molecule has 0 aliphatic rings. The molecule has 0 radical (unpaired) electrons. The van der Waals surface area contributed by atoms with Crippen molar-refractivity contribution in [2.24, 2.45) is 0 Å². The molecule has 0 unspecified atom stereocenters. The first-order valence-electron chi connectivity index (χ1n) is 6.45. The Morgan fingerprint density at radius 1 is 1.32 bits per heavy atom. The van der Waals surface area contributed by atoms with Crippen molar-refractivity contribution in [2.75, 3.05) is 39.5 Å². The van der Waals surface area contributed by atoms with E-state index in [1.54, 1.807) is 23.1 Å². The molecular formula is C14H22ClN3O. The van der Waals surface area contributed by atoms with Crippen molar-refractivity contribution in [3.63, 3.8) is 0 Å². The number of halogens is 1. The maximum absolute atomic E-state index is 12.4. The van der Waals surface area contributed by atoms with Crippen molar-refractivity contribution in [3.05, 3.63) is 28.8 Å². The fraction of sp³-hybridized carbons (Fsp3) is 0.500. The summed E-state index contributed by atoms with van der Waals surface area (Å²) in [6.07, 6.45) is 0.937. The van der Waals surface area contributed by atoms with E-state index in [1.165, 1.54) is 0 Å². The van der Waals surface area contributed by atoms with Crippen molar-refractivity contribution >= 4 is 23.2 Å². The maximum atomic E-state index is 12.4. The molecule has 0 aliphatic heterocycles. The van der Waals surface area contributed by atoms with Crippen LogP contribution in [0.1, 0.15) is 23.7 Å². The summed E-state index contributed by atoms with van der Waals surface area (Å²) in [5, 5.41) is 0.346. The summed E-state index contributed by atoms with van der Waals surface area (Å²) in [7, 11) is 4.04. The zero-order valence-corrected chi connectivity index (χ0v) is 12.6. The van der Waals surface area contributed by atoms with Gasteiger partial charge in [-0.05, 0) is 46.1 Å². The third-order valence-corrected chi connectivity index (χ3v) is 3.38. The molecule has 4 nitrogen and oxygen atoms in total. The predicted octanol–water partition coefficient (Wildman–Crippen LogP) is 2.34. The Bertz CT molecular complexity index is 435. The quantitative estimate of drug-likeness (QED) is 0.815. The van der Waals surface area contributed by atoms with Crippen LogP contribution in [0.3, 0.4) is 0 Å². The lowest BCUT2D eigenvalue weighted by atomic mass is 10.1. The van der Waals surface area contributed by atoms with Crippen LogP contribution in [0, 0.1) is 0 Å². The van der Waals surface area contributed by atoms with Crippen LogP contribution in [-0.2, 0) is 0 Å². The highest BCUT2D eigenvalue weighted by molar-refractivity contribution is 6.36. The van der Waals surface area contributed by atoms with Gasteiger partial charge in [0, 0.05) is 13.1 Å². The van der Waals surface area contributed by atoms with Gasteiger partial charge in [0.1, 0.15) is 0 Å². The molecule has 1 rings (SSSR count). The number of nitrogens with zero attached hydrogens (tertiary/aromatic N) is 2. The van der Waals surface area contributed by atoms with Crippen LogP contribution >= 0.6 is 11.6 Å². The highest BCUT2D eigenvalue weighted by atomic mass is 35.5. The van der Waals surface area contributed by atoms with Gasteiger partial charge in [0.2, 0.25) is 0 Å². The Labute approximate surface area is 120 Å². The third-order valence-electron chi connectivity index (χ3n) is 2.96. The second kappa shape index (κ2) is 7.36. The number of amides is 1. The summed E-state index contributed by atoms with van der Waals surface area (Å²) in [6, 6.07) is 5.17. The molecule has 0 bridgehead atoms. The first kappa shape index (κ1) is 15.8. The first-order chi connectivity index (χ1) is 8.97. The predicted molar refractivity (Wildman–Crippen MR) is 80.6 cm³/mol. The fourth-order valence-corrected chi connectivity index (χ4v) is 2.07. The molecule has 1 aromatic carbocycles. The highest BCUT2D eigenvalue weighted by Gasteiger charge is 2.17. The number of carbonyl (C=O) groups is 1. The second-order valence-corrected chi connectivity index (χ2v) is 5.13. The van der Waals surface area contributed by atoms with Gasteiger partial charge < -0.3 is 15.5 Å². The van der Waals surface area contributed by atoms with E-state index in [9.17, 15) is 4.79 Å². The zero-order chi connectivity index (χ0) is 14.4. The highest BCUT2D eigenvalue weighted by Crippen LogP contribution is 2.24. The molecule has 0 heterocycles. The number of anilines is 1. The summed E-state index contributed by atoms with van der Waals surface area (Å²) in [4.78, 5) is 16.3. The van der Waals surface area contributed by atoms with Crippen molar-refractivity contribution in [1.29, 1.82) is 0 Å². The average Bonchev–Trinajstić information content (AvgIpc) is 2.37. The average molecular weight is 284 g/mol. The molecule has 0 atom stereocenters. The summed E-state index contributed by atoms with van der Waals surface area (Å²) in [5.41, 5.74) is 6.65. The molecule has 19 heavy (non-hydrogen) atoms. The van der Waals surface area contributed by atoms with Gasteiger partial charge in [-0.25, -0.2) is 0 Å². The van der Waals surface area contributed by atoms with E-state index in [1.807, 2.05) is 21.0 Å². The Morgan fingerprint density at radius 3 is 2.58 bits per heavy atom. The van der Waals surface area contributed by atoms with Gasteiger partial charge >= 0.3 is 0 Å². The SMILES string of the molecule is CCN(CCCN(C)C)C(=O)c1cccc(N)c1Cl. The number of nitrogen functional groups attached to an aromatic ring is 1. The minimum absolute atomic E-state index is 0.0569. The lowest BCUT2D eigenvalue weighted by Gasteiger charge is -2.22. The van der Waals surface area contributed by atoms with E-state index >= 15 is 0 Å². The molecule has 106 valence electrons. The van der Waals surface area contributed by atoms with Crippen molar-refractivity contribution < 1.29 is 4.79 Å². The van der Waals surface area contributed by atoms with E-state index in [-0.39, 0.29) is 5.91 Å². The Morgan fingerprint density at radius 2 is 2.00 bits per heavy atom. The van der Waals surface area contributed by atoms with E-state index in [4.69, 9.17) is 17.3 Å². The number of rotatable bonds is 6. The molecular weight excluding hydrogens is 262 g/mol. The van der Waals surface area contributed by atoms with Gasteiger partial charge in [-0.15, -0.1) is 0 Å². The molecule has 0 saturated heterocycles. The lowest BCUT2D eigenvalue weighted by Crippen LogP contribution is -2.33. The van der Waals surface area contributed by atoms with Gasteiger partial charge in [0.25, 0.3) is 5.91 Å². The molecule has 1 amide bonds. The van der Waals surface area contributed by atoms with Crippen LogP contribution in [0.4, 0.5) is 5.69 Å². The largest absolute Gasteiger partial charge is 0.398 e. The molecule has 1 aromatic rings. The van der Waals surface area contributed by atoms with Gasteiger partial charge in [0.05, 0.1) is 16.3 Å². The van der Waals surface area contributed by atoms with Crippen LogP contribution in [0.25, 0.3) is 0 Å². The molecule has 2 N–H and O–H groups in total. The Hall–Kier alpha value is -1.26. The zero-order valence-electron chi connectivity index (χ0n) is 11.8. The minimum atomic E-state index is -0.0569. The Balaban J connectivity index is 2.75. The number of hydrogen-bond acceptors (Lipinski definition) is 3. The van der Waals surface area contributed by atoms with Crippen LogP contribution in [0.15, 0.2) is 18.2 Å². The van der Waals surface area contributed by atoms with E-state index < -0.39 is 0 Å². The molecule has 0 spiro atoms. The standard InChI is InChI=1S/C14H22ClN3O/c1-4-18(10-6-9-17(2)3)14(19)11-7-5-8-12(16)13(11)15/h5,7-8H,4,6,9-10,16H2,1-3H3. The lowest BCUT2D eigenvalue weighted by molar-refractivity contribution is 0.0759. The number of benzene rings is 1. The molecule has 0 fully saturated rings. The minimum Gasteiger partial charge on any atom is -0.398 e. The normalized spacial score (nSPS) is 10.8. The van der Waals surface area contributed by atoms with Crippen LogP contribution < -0.4 is 5.73 Å². The number of carbonyl (C=O) groups excluding carboxylic acids is 1. The Kier molecular flexibility index (Phi) is 6.12. The topological polar surface area (TPSA) is 49.6 Å². The van der Waals surface area contributed by atoms with E-state index in [0.717, 1.165) is 19.5 Å². The monoisotopic (exact) mass is 283 g/mol. The van der Waals surface area contributed by atoms with Crippen molar-refractivity contribution in [2.45, 2.75) is 13.3 Å². The third kappa shape index (κ3) is 4.40. The molecule has 0 aromatic heterocycles. The van der Waals surface area contributed by atoms with Gasteiger partial charge in [-0.3, -0.25) is 4.79 Å². The van der Waals surface area contributed by atoms with Crippen LogP contribution in [-0.4, -0.2) is 49.4 Å². The summed E-state index contributed by atoms with van der Waals surface area (Å²) >= 11 is 6.09. The fourth-order valence-electron chi connectivity index (χ4n) is 1.87. The second-order valence-electron chi connectivity index (χ2n) is 4.75. The summed E-state index contributed by atoms with van der Waals surface area (Å²) in [5.74, 6) is -0.0569. The smallest absolute Gasteiger partial charge is 0.255 e. The molecule has 0 saturated carbocycles. The first-order valence-corrected chi connectivity index (χ1v) is 6.83. The van der Waals surface area contributed by atoms with Crippen molar-refractivity contribution in [1.82, 2.24) is 9.80 Å². The summed E-state index contributed by atoms with van der Waals surface area (Å²) < 4.78 is 0. The number of hydrogen-bond donors (Lipinski definition) is 1. The maximum Gasteiger partial charge on any atom is 0.255 e. The van der Waals surface area contributed by atoms with Gasteiger partial charge in [0.15, 0.2) is 0 Å². The van der Waals surface area contributed by atoms with E-state index in [2.05, 4.69) is 4.90 Å². The van der Waals surface area contributed by atoms with Crippen LogP contribution in [0.2, 0.25) is 5.02 Å². The van der Waals surface area contributed by atoms with E-state index in [0.29, 0.717) is 22.8 Å². The van der Waals surface area contributed by atoms with Crippen LogP contribution in [0.5, 0.6) is 0 Å². The van der Waals surface area contributed by atoms with Gasteiger partial charge in [-0.2, -0.15) is 0 Å². The molecule has 5 heteroatoms. The summed E-state index contributed by atoms with van der Waals surface area (Å²) in [6.45, 7) is 4.30. The molecule has 0 aliphatic carbocycles. The number of nitrogens with two attached hydrogens (primary N) is 1.